The number of methoxy groups -OCH3 is 1. The van der Waals surface area contributed by atoms with Gasteiger partial charge in [0.15, 0.2) is 0 Å². The molecular weight excluding hydrogens is 518 g/mol. The van der Waals surface area contributed by atoms with Gasteiger partial charge in [0.05, 0.1) is 12.2 Å². The number of amides is 1. The molecular formula is C38H79NO3. The lowest BCUT2D eigenvalue weighted by molar-refractivity contribution is -0.132. The van der Waals surface area contributed by atoms with Crippen molar-refractivity contribution >= 4 is 5.91 Å². The second-order valence-electron chi connectivity index (χ2n) is 13.9. The molecule has 0 bridgehead atoms. The SMILES string of the molecule is CCCCCCCCCCCCCCN(CCCCCCCCCCCCCC)C(=O)CC(C)C.COC(C)(C)CO. The highest BCUT2D eigenvalue weighted by atomic mass is 16.5. The molecule has 0 radical (unpaired) electrons. The predicted octanol–water partition coefficient (Wildman–Crippen LogP) is 11.7. The van der Waals surface area contributed by atoms with Crippen LogP contribution in [0.2, 0.25) is 0 Å². The molecule has 254 valence electrons. The van der Waals surface area contributed by atoms with Crippen LogP contribution in [-0.4, -0.2) is 48.3 Å². The van der Waals surface area contributed by atoms with Crippen molar-refractivity contribution in [1.82, 2.24) is 4.90 Å². The molecule has 1 amide bonds. The number of aliphatic hydroxyl groups excluding tert-OH is 1. The molecule has 0 aromatic rings. The quantitative estimate of drug-likeness (QED) is 0.0838. The van der Waals surface area contributed by atoms with Gasteiger partial charge in [-0.05, 0) is 32.6 Å². The summed E-state index contributed by atoms with van der Waals surface area (Å²) < 4.78 is 4.84. The van der Waals surface area contributed by atoms with Gasteiger partial charge in [0, 0.05) is 26.6 Å². The first-order valence-electron chi connectivity index (χ1n) is 18.7. The van der Waals surface area contributed by atoms with Gasteiger partial charge >= 0.3 is 0 Å². The van der Waals surface area contributed by atoms with E-state index in [0.29, 0.717) is 11.8 Å². The van der Waals surface area contributed by atoms with Crippen molar-refractivity contribution < 1.29 is 14.6 Å². The van der Waals surface area contributed by atoms with Gasteiger partial charge in [-0.3, -0.25) is 4.79 Å². The Morgan fingerprint density at radius 3 is 1.10 bits per heavy atom. The average molecular weight is 598 g/mol. The monoisotopic (exact) mass is 598 g/mol. The summed E-state index contributed by atoms with van der Waals surface area (Å²) in [5.74, 6) is 0.861. The van der Waals surface area contributed by atoms with Crippen molar-refractivity contribution in [2.45, 2.75) is 208 Å². The number of carbonyl (C=O) groups is 1. The van der Waals surface area contributed by atoms with E-state index in [1.807, 2.05) is 13.8 Å². The average Bonchev–Trinajstić information content (AvgIpc) is 2.97. The number of hydrogen-bond donors (Lipinski definition) is 1. The largest absolute Gasteiger partial charge is 0.393 e. The van der Waals surface area contributed by atoms with Crippen LogP contribution < -0.4 is 0 Å². The third-order valence-electron chi connectivity index (χ3n) is 8.43. The first-order chi connectivity index (χ1) is 20.2. The van der Waals surface area contributed by atoms with Gasteiger partial charge in [-0.1, -0.05) is 169 Å². The number of ether oxygens (including phenoxy) is 1. The highest BCUT2D eigenvalue weighted by Gasteiger charge is 2.14. The lowest BCUT2D eigenvalue weighted by Gasteiger charge is -2.24. The second-order valence-corrected chi connectivity index (χ2v) is 13.9. The lowest BCUT2D eigenvalue weighted by Crippen LogP contribution is -2.33. The number of unbranched alkanes of at least 4 members (excludes halogenated alkanes) is 22. The summed E-state index contributed by atoms with van der Waals surface area (Å²) in [4.78, 5) is 14.9. The molecule has 0 rings (SSSR count). The van der Waals surface area contributed by atoms with Crippen LogP contribution >= 0.6 is 0 Å². The standard InChI is InChI=1S/C33H67NO.C5H12O2/c1-5-7-9-11-13-15-17-19-21-23-25-27-29-34(33(35)31-32(3)4)30-28-26-24-22-20-18-16-14-12-10-8-6-2;1-5(2,4-6)7-3/h32H,5-31H2,1-4H3;6H,4H2,1-3H3. The van der Waals surface area contributed by atoms with Crippen LogP contribution in [0.4, 0.5) is 0 Å². The molecule has 0 atom stereocenters. The first kappa shape index (κ1) is 43.5. The van der Waals surface area contributed by atoms with Crippen LogP contribution in [-0.2, 0) is 9.53 Å². The molecule has 4 nitrogen and oxygen atoms in total. The molecule has 0 unspecified atom stereocenters. The van der Waals surface area contributed by atoms with E-state index in [0.717, 1.165) is 19.5 Å². The minimum absolute atomic E-state index is 0.0729. The van der Waals surface area contributed by atoms with Crippen molar-refractivity contribution in [3.63, 3.8) is 0 Å². The highest BCUT2D eigenvalue weighted by molar-refractivity contribution is 5.76. The molecule has 1 N–H and O–H groups in total. The first-order valence-corrected chi connectivity index (χ1v) is 18.7. The van der Waals surface area contributed by atoms with E-state index < -0.39 is 0 Å². The molecule has 0 heterocycles. The van der Waals surface area contributed by atoms with Crippen LogP contribution in [0.25, 0.3) is 0 Å². The van der Waals surface area contributed by atoms with Crippen LogP contribution in [0.15, 0.2) is 0 Å². The molecule has 42 heavy (non-hydrogen) atoms. The molecule has 4 heteroatoms. The van der Waals surface area contributed by atoms with E-state index in [2.05, 4.69) is 32.6 Å². The van der Waals surface area contributed by atoms with Gasteiger partial charge < -0.3 is 14.7 Å². The van der Waals surface area contributed by atoms with Gasteiger partial charge in [0.2, 0.25) is 5.91 Å². The minimum atomic E-state index is -0.361. The summed E-state index contributed by atoms with van der Waals surface area (Å²) in [5, 5.41) is 8.47. The number of hydrogen-bond acceptors (Lipinski definition) is 3. The van der Waals surface area contributed by atoms with E-state index in [1.54, 1.807) is 7.11 Å². The molecule has 0 spiro atoms. The summed E-state index contributed by atoms with van der Waals surface area (Å²) >= 11 is 0. The van der Waals surface area contributed by atoms with Gasteiger partial charge in [0.25, 0.3) is 0 Å². The minimum Gasteiger partial charge on any atom is -0.393 e. The molecule has 0 saturated carbocycles. The molecule has 0 saturated heterocycles. The molecule has 0 aromatic heterocycles. The zero-order valence-corrected chi connectivity index (χ0v) is 30.1. The smallest absolute Gasteiger partial charge is 0.222 e. The van der Waals surface area contributed by atoms with Crippen molar-refractivity contribution in [2.24, 2.45) is 5.92 Å². The molecule has 0 aliphatic heterocycles. The zero-order valence-electron chi connectivity index (χ0n) is 30.1. The predicted molar refractivity (Wildman–Crippen MR) is 186 cm³/mol. The third-order valence-corrected chi connectivity index (χ3v) is 8.43. The highest BCUT2D eigenvalue weighted by Crippen LogP contribution is 2.15. The Morgan fingerprint density at radius 1 is 0.595 bits per heavy atom. The van der Waals surface area contributed by atoms with Gasteiger partial charge in [0.1, 0.15) is 0 Å². The number of aliphatic hydroxyl groups is 1. The van der Waals surface area contributed by atoms with Gasteiger partial charge in [-0.15, -0.1) is 0 Å². The summed E-state index contributed by atoms with van der Waals surface area (Å²) in [7, 11) is 1.58. The van der Waals surface area contributed by atoms with E-state index >= 15 is 0 Å². The zero-order chi connectivity index (χ0) is 31.7. The van der Waals surface area contributed by atoms with Crippen molar-refractivity contribution in [3.8, 4) is 0 Å². The lowest BCUT2D eigenvalue weighted by atomic mass is 10.0. The summed E-state index contributed by atoms with van der Waals surface area (Å²) in [5.41, 5.74) is -0.361. The summed E-state index contributed by atoms with van der Waals surface area (Å²) in [6, 6.07) is 0. The van der Waals surface area contributed by atoms with E-state index in [9.17, 15) is 4.79 Å². The van der Waals surface area contributed by atoms with E-state index in [1.165, 1.54) is 154 Å². The van der Waals surface area contributed by atoms with Crippen molar-refractivity contribution in [2.75, 3.05) is 26.8 Å². The van der Waals surface area contributed by atoms with Crippen LogP contribution in [0.1, 0.15) is 202 Å². The number of rotatable bonds is 30. The topological polar surface area (TPSA) is 49.8 Å². The van der Waals surface area contributed by atoms with Gasteiger partial charge in [-0.25, -0.2) is 0 Å². The Hall–Kier alpha value is -0.610. The number of nitrogens with zero attached hydrogens (tertiary/aromatic N) is 1. The summed E-state index contributed by atoms with van der Waals surface area (Å²) in [6.07, 6.45) is 33.8. The fourth-order valence-electron chi connectivity index (χ4n) is 5.19. The maximum Gasteiger partial charge on any atom is 0.222 e. The second kappa shape index (κ2) is 33.3. The maximum atomic E-state index is 12.7. The fraction of sp³-hybridized carbons (Fsp3) is 0.974. The molecule has 0 aliphatic carbocycles. The van der Waals surface area contributed by atoms with Crippen LogP contribution in [0.5, 0.6) is 0 Å². The van der Waals surface area contributed by atoms with Crippen molar-refractivity contribution in [1.29, 1.82) is 0 Å². The molecule has 0 fully saturated rings. The Labute approximate surface area is 265 Å². The number of carbonyl (C=O) groups excluding carboxylic acids is 1. The van der Waals surface area contributed by atoms with Gasteiger partial charge in [-0.2, -0.15) is 0 Å². The van der Waals surface area contributed by atoms with E-state index in [-0.39, 0.29) is 12.2 Å². The third kappa shape index (κ3) is 33.9. The Bertz CT molecular complexity index is 500. The Morgan fingerprint density at radius 2 is 0.881 bits per heavy atom. The van der Waals surface area contributed by atoms with E-state index in [4.69, 9.17) is 9.84 Å². The molecule has 0 aromatic carbocycles. The summed E-state index contributed by atoms with van der Waals surface area (Å²) in [6.45, 7) is 14.6. The molecule has 0 aliphatic rings. The van der Waals surface area contributed by atoms with Crippen molar-refractivity contribution in [3.05, 3.63) is 0 Å². The van der Waals surface area contributed by atoms with Crippen LogP contribution in [0.3, 0.4) is 0 Å². The van der Waals surface area contributed by atoms with Crippen LogP contribution in [0, 0.1) is 5.92 Å². The fourth-order valence-corrected chi connectivity index (χ4v) is 5.19. The Balaban J connectivity index is 0. The Kier molecular flexibility index (Phi) is 34.5. The normalized spacial score (nSPS) is 11.5. The maximum absolute atomic E-state index is 12.7.